The molecule has 1 aliphatic heterocycles. The van der Waals surface area contributed by atoms with Gasteiger partial charge in [0.1, 0.15) is 11.4 Å². The van der Waals surface area contributed by atoms with E-state index in [-0.39, 0.29) is 6.09 Å². The van der Waals surface area contributed by atoms with Crippen LogP contribution in [0.25, 0.3) is 11.6 Å². The van der Waals surface area contributed by atoms with Crippen molar-refractivity contribution in [3.8, 4) is 0 Å². The van der Waals surface area contributed by atoms with Gasteiger partial charge in [-0.2, -0.15) is 0 Å². The average Bonchev–Trinajstić information content (AvgIpc) is 3.22. The smallest absolute Gasteiger partial charge is 0.410 e. The number of carbonyl (C=O) groups excluding carboxylic acids is 1. The molecule has 1 aromatic carbocycles. The number of fused-ring (bicyclic) bond motifs is 2. The van der Waals surface area contributed by atoms with Crippen molar-refractivity contribution in [1.29, 1.82) is 0 Å². The molecule has 1 saturated heterocycles. The summed E-state index contributed by atoms with van der Waals surface area (Å²) in [5.74, 6) is 0.976. The van der Waals surface area contributed by atoms with E-state index >= 15 is 0 Å². The van der Waals surface area contributed by atoms with Gasteiger partial charge in [0.05, 0.1) is 11.2 Å². The number of rotatable bonds is 3. The highest BCUT2D eigenvalue weighted by Gasteiger charge is 2.43. The van der Waals surface area contributed by atoms with E-state index in [1.165, 1.54) is 16.7 Å². The second-order valence-electron chi connectivity index (χ2n) is 10.9. The van der Waals surface area contributed by atoms with Crippen molar-refractivity contribution in [2.75, 3.05) is 26.2 Å². The number of hydrogen-bond acceptors (Lipinski definition) is 5. The highest BCUT2D eigenvalue weighted by molar-refractivity contribution is 9.10. The first-order valence-corrected chi connectivity index (χ1v) is 13.5. The molecule has 3 heterocycles. The van der Waals surface area contributed by atoms with E-state index in [9.17, 15) is 4.79 Å². The topological polar surface area (TPSA) is 63.5 Å². The number of imidazole rings is 1. The number of piperazine rings is 1. The number of aryl methyl sites for hydroxylation is 1. The Balaban J connectivity index is 1.55. The van der Waals surface area contributed by atoms with Crippen molar-refractivity contribution in [3.05, 3.63) is 81.6 Å². The first kappa shape index (κ1) is 25.7. The van der Waals surface area contributed by atoms with Gasteiger partial charge in [-0.3, -0.25) is 9.88 Å². The molecule has 8 heteroatoms. The third-order valence-electron chi connectivity index (χ3n) is 7.30. The number of allylic oxidation sites excluding steroid dienone is 1. The molecule has 0 radical (unpaired) electrons. The minimum atomic E-state index is -0.508. The maximum absolute atomic E-state index is 12.7. The molecular formula is C29H34BrN5O2. The number of benzene rings is 1. The Bertz CT molecular complexity index is 1350. The summed E-state index contributed by atoms with van der Waals surface area (Å²) in [6, 6.07) is 10.8. The molecule has 5 rings (SSSR count). The quantitative estimate of drug-likeness (QED) is 0.407. The molecule has 1 amide bonds. The van der Waals surface area contributed by atoms with Crippen LogP contribution in [-0.4, -0.2) is 62.2 Å². The maximum atomic E-state index is 12.7. The van der Waals surface area contributed by atoms with E-state index in [1.54, 1.807) is 0 Å². The van der Waals surface area contributed by atoms with Crippen LogP contribution < -0.4 is 0 Å². The first-order chi connectivity index (χ1) is 17.6. The summed E-state index contributed by atoms with van der Waals surface area (Å²) in [6.07, 6.45) is 7.80. The number of halogens is 1. The van der Waals surface area contributed by atoms with Gasteiger partial charge < -0.3 is 14.2 Å². The van der Waals surface area contributed by atoms with Crippen molar-refractivity contribution < 1.29 is 9.53 Å². The lowest BCUT2D eigenvalue weighted by molar-refractivity contribution is 0.00369. The van der Waals surface area contributed by atoms with Gasteiger partial charge in [-0.15, -0.1) is 0 Å². The summed E-state index contributed by atoms with van der Waals surface area (Å²) < 4.78 is 8.75. The fraction of sp³-hybridized carbons (Fsp3) is 0.414. The minimum absolute atomic E-state index is 0.249. The van der Waals surface area contributed by atoms with E-state index in [2.05, 4.69) is 73.7 Å². The van der Waals surface area contributed by atoms with Crippen molar-refractivity contribution in [2.24, 2.45) is 0 Å². The molecule has 2 aliphatic rings. The first-order valence-electron chi connectivity index (χ1n) is 12.7. The largest absolute Gasteiger partial charge is 0.444 e. The molecular weight excluding hydrogens is 530 g/mol. The second-order valence-corrected chi connectivity index (χ2v) is 11.9. The summed E-state index contributed by atoms with van der Waals surface area (Å²) in [7, 11) is 0. The third-order valence-corrected chi connectivity index (χ3v) is 7.74. The van der Waals surface area contributed by atoms with E-state index in [0.717, 1.165) is 34.6 Å². The van der Waals surface area contributed by atoms with Crippen LogP contribution in [0.1, 0.15) is 55.9 Å². The molecule has 0 N–H and O–H groups in total. The predicted octanol–water partition coefficient (Wildman–Crippen LogP) is 5.72. The zero-order chi connectivity index (χ0) is 26.4. The van der Waals surface area contributed by atoms with E-state index in [4.69, 9.17) is 9.72 Å². The van der Waals surface area contributed by atoms with E-state index in [0.29, 0.717) is 19.6 Å². The molecule has 1 aliphatic carbocycles. The molecule has 2 aromatic heterocycles. The minimum Gasteiger partial charge on any atom is -0.444 e. The number of aromatic nitrogens is 3. The molecule has 7 nitrogen and oxygen atoms in total. The Kier molecular flexibility index (Phi) is 6.75. The van der Waals surface area contributed by atoms with Crippen molar-refractivity contribution >= 4 is 33.7 Å². The molecule has 0 spiro atoms. The number of pyridine rings is 1. The van der Waals surface area contributed by atoms with Gasteiger partial charge in [0.15, 0.2) is 0 Å². The monoisotopic (exact) mass is 563 g/mol. The number of ether oxygens (including phenoxy) is 1. The zero-order valence-corrected chi connectivity index (χ0v) is 23.7. The van der Waals surface area contributed by atoms with Crippen LogP contribution in [0, 0.1) is 6.92 Å². The standard InChI is InChI=1S/C29H34BrN5O2/c1-20-31-10-11-34(20)19-22-16-21-8-6-7-9-25(21)29(5,26-24(22)17-23(30)18-32-26)35-14-12-33(13-15-35)27(36)37-28(2,3)4/h6-11,16-18H,12-15,19H2,1-5H3. The SMILES string of the molecule is Cc1nccn1CC1=Cc2ccccc2C(C)(N2CCN(C(=O)OC(C)(C)C)CC2)c2ncc(Br)cc21. The van der Waals surface area contributed by atoms with Gasteiger partial charge >= 0.3 is 6.09 Å². The Labute approximate surface area is 227 Å². The summed E-state index contributed by atoms with van der Waals surface area (Å²) in [4.78, 5) is 26.5. The molecule has 1 unspecified atom stereocenters. The van der Waals surface area contributed by atoms with Crippen LogP contribution in [-0.2, 0) is 16.8 Å². The normalized spacial score (nSPS) is 20.1. The summed E-state index contributed by atoms with van der Waals surface area (Å²) >= 11 is 3.67. The molecule has 194 valence electrons. The van der Waals surface area contributed by atoms with E-state index < -0.39 is 11.1 Å². The van der Waals surface area contributed by atoms with Crippen LogP contribution in [0.3, 0.4) is 0 Å². The number of hydrogen-bond donors (Lipinski definition) is 0. The van der Waals surface area contributed by atoms with Crippen molar-refractivity contribution in [2.45, 2.75) is 52.3 Å². The Morgan fingerprint density at radius 3 is 2.54 bits per heavy atom. The molecule has 0 saturated carbocycles. The van der Waals surface area contributed by atoms with Crippen molar-refractivity contribution in [1.82, 2.24) is 24.3 Å². The summed E-state index contributed by atoms with van der Waals surface area (Å²) in [5, 5.41) is 0. The zero-order valence-electron chi connectivity index (χ0n) is 22.2. The van der Waals surface area contributed by atoms with Gasteiger partial charge in [0, 0.05) is 61.4 Å². The molecule has 1 atom stereocenters. The van der Waals surface area contributed by atoms with Gasteiger partial charge in [0.25, 0.3) is 0 Å². The fourth-order valence-corrected chi connectivity index (χ4v) is 5.73. The summed E-state index contributed by atoms with van der Waals surface area (Å²) in [5.41, 5.74) is 4.75. The Morgan fingerprint density at radius 1 is 1.14 bits per heavy atom. The lowest BCUT2D eigenvalue weighted by Crippen LogP contribution is -2.57. The number of nitrogens with zero attached hydrogens (tertiary/aromatic N) is 5. The van der Waals surface area contributed by atoms with Crippen LogP contribution in [0.2, 0.25) is 0 Å². The lowest BCUT2D eigenvalue weighted by Gasteiger charge is -2.46. The van der Waals surface area contributed by atoms with Gasteiger partial charge in [-0.25, -0.2) is 9.78 Å². The maximum Gasteiger partial charge on any atom is 0.410 e. The number of amides is 1. The van der Waals surface area contributed by atoms with Crippen LogP contribution in [0.5, 0.6) is 0 Å². The number of carbonyl (C=O) groups is 1. The third kappa shape index (κ3) is 4.97. The van der Waals surface area contributed by atoms with Gasteiger partial charge in [0.2, 0.25) is 0 Å². The van der Waals surface area contributed by atoms with Crippen LogP contribution in [0.15, 0.2) is 53.4 Å². The molecule has 3 aromatic rings. The van der Waals surface area contributed by atoms with Gasteiger partial charge in [-0.05, 0) is 79.4 Å². The molecule has 0 bridgehead atoms. The average molecular weight is 565 g/mol. The van der Waals surface area contributed by atoms with Crippen LogP contribution in [0.4, 0.5) is 4.79 Å². The van der Waals surface area contributed by atoms with Gasteiger partial charge in [-0.1, -0.05) is 24.3 Å². The Morgan fingerprint density at radius 2 is 1.86 bits per heavy atom. The highest BCUT2D eigenvalue weighted by atomic mass is 79.9. The van der Waals surface area contributed by atoms with Crippen LogP contribution >= 0.6 is 15.9 Å². The van der Waals surface area contributed by atoms with E-state index in [1.807, 2.05) is 51.2 Å². The highest BCUT2D eigenvalue weighted by Crippen LogP contribution is 2.44. The molecule has 37 heavy (non-hydrogen) atoms. The van der Waals surface area contributed by atoms with Crippen molar-refractivity contribution in [3.63, 3.8) is 0 Å². The lowest BCUT2D eigenvalue weighted by atomic mass is 9.82. The second kappa shape index (κ2) is 9.72. The predicted molar refractivity (Wildman–Crippen MR) is 149 cm³/mol. The fourth-order valence-electron chi connectivity index (χ4n) is 5.40. The molecule has 1 fully saturated rings. The Hall–Kier alpha value is -2.97. The summed E-state index contributed by atoms with van der Waals surface area (Å²) in [6.45, 7) is 13.4.